The first-order valence-corrected chi connectivity index (χ1v) is 20.1. The second kappa shape index (κ2) is 13.9. The number of anilines is 3. The van der Waals surface area contributed by atoms with Crippen molar-refractivity contribution < 1.29 is 0 Å². The van der Waals surface area contributed by atoms with E-state index >= 15 is 0 Å². The summed E-state index contributed by atoms with van der Waals surface area (Å²) < 4.78 is 0. The van der Waals surface area contributed by atoms with Crippen molar-refractivity contribution in [3.63, 3.8) is 0 Å². The number of hydrogen-bond donors (Lipinski definition) is 0. The fraction of sp³-hybridized carbons (Fsp3) is 0.0175. The third kappa shape index (κ3) is 5.47. The first-order chi connectivity index (χ1) is 28.8. The van der Waals surface area contributed by atoms with Gasteiger partial charge in [-0.05, 0) is 126 Å². The number of fused-ring (bicyclic) bond motifs is 6. The third-order valence-corrected chi connectivity index (χ3v) is 12.1. The first-order valence-electron chi connectivity index (χ1n) is 20.1. The maximum atomic E-state index is 2.44. The fourth-order valence-electron chi connectivity index (χ4n) is 9.45. The van der Waals surface area contributed by atoms with Crippen molar-refractivity contribution in [3.8, 4) is 33.4 Å². The van der Waals surface area contributed by atoms with Gasteiger partial charge in [-0.2, -0.15) is 0 Å². The van der Waals surface area contributed by atoms with Gasteiger partial charge in [-0.15, -0.1) is 0 Å². The lowest BCUT2D eigenvalue weighted by Gasteiger charge is -2.34. The largest absolute Gasteiger partial charge is 0.311 e. The predicted molar refractivity (Wildman–Crippen MR) is 244 cm³/mol. The van der Waals surface area contributed by atoms with Crippen molar-refractivity contribution in [1.29, 1.82) is 0 Å². The smallest absolute Gasteiger partial charge is 0.0713 e. The highest BCUT2D eigenvalue weighted by Crippen LogP contribution is 2.56. The lowest BCUT2D eigenvalue weighted by molar-refractivity contribution is 0.769. The molecule has 0 amide bonds. The van der Waals surface area contributed by atoms with Gasteiger partial charge < -0.3 is 4.90 Å². The topological polar surface area (TPSA) is 3.24 Å². The molecule has 0 saturated heterocycles. The Morgan fingerprint density at radius 1 is 0.276 bits per heavy atom. The number of rotatable bonds is 7. The van der Waals surface area contributed by atoms with Gasteiger partial charge in [0.2, 0.25) is 0 Å². The van der Waals surface area contributed by atoms with Gasteiger partial charge in [0, 0.05) is 17.1 Å². The summed E-state index contributed by atoms with van der Waals surface area (Å²) in [5.74, 6) is 0. The van der Waals surface area contributed by atoms with E-state index in [0.717, 1.165) is 17.1 Å². The van der Waals surface area contributed by atoms with Crippen LogP contribution < -0.4 is 4.90 Å². The minimum Gasteiger partial charge on any atom is -0.311 e. The molecular formula is C57H39N. The highest BCUT2D eigenvalue weighted by molar-refractivity contribution is 6.08. The summed E-state index contributed by atoms with van der Waals surface area (Å²) >= 11 is 0. The molecule has 0 N–H and O–H groups in total. The normalized spacial score (nSPS) is 12.6. The summed E-state index contributed by atoms with van der Waals surface area (Å²) in [5, 5.41) is 5.10. The summed E-state index contributed by atoms with van der Waals surface area (Å²) in [4.78, 5) is 2.34. The van der Waals surface area contributed by atoms with Crippen molar-refractivity contribution in [1.82, 2.24) is 0 Å². The van der Waals surface area contributed by atoms with E-state index in [1.165, 1.54) is 77.2 Å². The second-order valence-electron chi connectivity index (χ2n) is 15.3. The van der Waals surface area contributed by atoms with E-state index in [0.29, 0.717) is 0 Å². The zero-order chi connectivity index (χ0) is 38.5. The van der Waals surface area contributed by atoms with Gasteiger partial charge in [0.1, 0.15) is 0 Å². The molecule has 0 fully saturated rings. The minimum atomic E-state index is -0.429. The molecule has 272 valence electrons. The third-order valence-electron chi connectivity index (χ3n) is 12.1. The molecule has 11 rings (SSSR count). The van der Waals surface area contributed by atoms with Crippen LogP contribution in [0.4, 0.5) is 17.1 Å². The maximum absolute atomic E-state index is 2.44. The molecule has 10 aromatic carbocycles. The Bertz CT molecular complexity index is 3040. The van der Waals surface area contributed by atoms with Crippen LogP contribution in [0.25, 0.3) is 54.9 Å². The molecule has 0 atom stereocenters. The van der Waals surface area contributed by atoms with Gasteiger partial charge in [0.05, 0.1) is 5.41 Å². The molecule has 1 heteroatoms. The molecule has 0 saturated carbocycles. The van der Waals surface area contributed by atoms with Crippen molar-refractivity contribution >= 4 is 38.6 Å². The Kier molecular flexibility index (Phi) is 8.12. The molecular weight excluding hydrogens is 699 g/mol. The molecule has 1 aliphatic rings. The molecule has 1 aliphatic carbocycles. The van der Waals surface area contributed by atoms with Crippen molar-refractivity contribution in [2.45, 2.75) is 5.41 Å². The Hall–Kier alpha value is -7.48. The summed E-state index contributed by atoms with van der Waals surface area (Å²) in [5.41, 5.74) is 15.5. The van der Waals surface area contributed by atoms with Crippen LogP contribution in [0.3, 0.4) is 0 Å². The van der Waals surface area contributed by atoms with E-state index in [9.17, 15) is 0 Å². The average Bonchev–Trinajstić information content (AvgIpc) is 3.61. The van der Waals surface area contributed by atoms with Crippen molar-refractivity contribution in [3.05, 3.63) is 259 Å². The van der Waals surface area contributed by atoms with E-state index in [4.69, 9.17) is 0 Å². The highest BCUT2D eigenvalue weighted by Gasteiger charge is 2.46. The van der Waals surface area contributed by atoms with Crippen LogP contribution in [-0.4, -0.2) is 0 Å². The van der Waals surface area contributed by atoms with E-state index in [2.05, 4.69) is 241 Å². The monoisotopic (exact) mass is 737 g/mol. The van der Waals surface area contributed by atoms with Gasteiger partial charge in [0.25, 0.3) is 0 Å². The fourth-order valence-corrected chi connectivity index (χ4v) is 9.45. The van der Waals surface area contributed by atoms with E-state index < -0.39 is 5.41 Å². The molecule has 58 heavy (non-hydrogen) atoms. The molecule has 0 bridgehead atoms. The van der Waals surface area contributed by atoms with Gasteiger partial charge in [-0.1, -0.05) is 188 Å². The van der Waals surface area contributed by atoms with E-state index in [1.807, 2.05) is 0 Å². The highest BCUT2D eigenvalue weighted by atomic mass is 15.1. The summed E-state index contributed by atoms with van der Waals surface area (Å²) in [7, 11) is 0. The van der Waals surface area contributed by atoms with Gasteiger partial charge in [0.15, 0.2) is 0 Å². The van der Waals surface area contributed by atoms with Crippen molar-refractivity contribution in [2.75, 3.05) is 4.90 Å². The van der Waals surface area contributed by atoms with Crippen LogP contribution in [0.2, 0.25) is 0 Å². The quantitative estimate of drug-likeness (QED) is 0.147. The minimum absolute atomic E-state index is 0.429. The first kappa shape index (κ1) is 33.8. The number of hydrogen-bond acceptors (Lipinski definition) is 1. The zero-order valence-corrected chi connectivity index (χ0v) is 32.0. The molecule has 0 heterocycles. The number of para-hydroxylation sites is 1. The molecule has 0 radical (unpaired) electrons. The van der Waals surface area contributed by atoms with Crippen LogP contribution in [0.1, 0.15) is 22.3 Å². The summed E-state index contributed by atoms with van der Waals surface area (Å²) in [6, 6.07) is 86.6. The predicted octanol–water partition coefficient (Wildman–Crippen LogP) is 15.2. The average molecular weight is 738 g/mol. The van der Waals surface area contributed by atoms with Crippen LogP contribution in [-0.2, 0) is 5.41 Å². The number of nitrogens with zero attached hydrogens (tertiary/aromatic N) is 1. The summed E-state index contributed by atoms with van der Waals surface area (Å²) in [6.45, 7) is 0. The molecule has 0 aromatic heterocycles. The molecule has 0 spiro atoms. The Labute approximate surface area is 339 Å². The number of benzene rings is 10. The van der Waals surface area contributed by atoms with E-state index in [-0.39, 0.29) is 0 Å². The Morgan fingerprint density at radius 2 is 0.741 bits per heavy atom. The standard InChI is InChI=1S/C57H39N/c1-4-15-46(16-5-1)57(47-17-6-2-7-18-47)55-23-13-12-22-53(55)54-37-31-44(39-56(54)57)41-28-34-50(35-29-41)58(48-19-8-3-9-20-48)49-32-26-40(27-33-49)43-30-36-52-45(38-43)25-24-42-14-10-11-21-51(42)52/h1-39H. The van der Waals surface area contributed by atoms with Gasteiger partial charge >= 0.3 is 0 Å². The van der Waals surface area contributed by atoms with Crippen LogP contribution in [0, 0.1) is 0 Å². The molecule has 10 aromatic rings. The molecule has 1 nitrogen and oxygen atoms in total. The van der Waals surface area contributed by atoms with Crippen molar-refractivity contribution in [2.24, 2.45) is 0 Å². The lowest BCUT2D eigenvalue weighted by Crippen LogP contribution is -2.28. The second-order valence-corrected chi connectivity index (χ2v) is 15.3. The van der Waals surface area contributed by atoms with Gasteiger partial charge in [-0.3, -0.25) is 0 Å². The summed E-state index contributed by atoms with van der Waals surface area (Å²) in [6.07, 6.45) is 0. The Balaban J connectivity index is 0.968. The molecule has 0 aliphatic heterocycles. The van der Waals surface area contributed by atoms with Crippen LogP contribution in [0.5, 0.6) is 0 Å². The van der Waals surface area contributed by atoms with E-state index in [1.54, 1.807) is 0 Å². The maximum Gasteiger partial charge on any atom is 0.0713 e. The van der Waals surface area contributed by atoms with Crippen LogP contribution in [0.15, 0.2) is 237 Å². The zero-order valence-electron chi connectivity index (χ0n) is 32.0. The molecule has 0 unspecified atom stereocenters. The van der Waals surface area contributed by atoms with Crippen LogP contribution >= 0.6 is 0 Å². The van der Waals surface area contributed by atoms with Gasteiger partial charge in [-0.25, -0.2) is 0 Å². The Morgan fingerprint density at radius 3 is 1.41 bits per heavy atom. The lowest BCUT2D eigenvalue weighted by atomic mass is 9.67. The SMILES string of the molecule is c1ccc(N(c2ccc(-c3ccc4c(c3)C(c3ccccc3)(c3ccccc3)c3ccccc3-4)cc2)c2ccc(-c3ccc4c(ccc5ccccc54)c3)cc2)cc1.